The van der Waals surface area contributed by atoms with Gasteiger partial charge in [0.05, 0.1) is 12.7 Å². The van der Waals surface area contributed by atoms with Gasteiger partial charge in [-0.25, -0.2) is 14.8 Å². The second-order valence-electron chi connectivity index (χ2n) is 5.64. The fourth-order valence-electron chi connectivity index (χ4n) is 2.45. The molecule has 0 bridgehead atoms. The van der Waals surface area contributed by atoms with E-state index in [-0.39, 0.29) is 5.56 Å². The van der Waals surface area contributed by atoms with Crippen LogP contribution in [0, 0.1) is 0 Å². The third-order valence-electron chi connectivity index (χ3n) is 3.86. The summed E-state index contributed by atoms with van der Waals surface area (Å²) in [5.41, 5.74) is 1.72. The monoisotopic (exact) mass is 425 g/mol. The minimum absolute atomic E-state index is 0.251. The van der Waals surface area contributed by atoms with Crippen LogP contribution in [0.25, 0.3) is 11.4 Å². The molecule has 1 aromatic heterocycles. The quantitative estimate of drug-likeness (QED) is 0.632. The smallest absolute Gasteiger partial charge is 0.333 e. The number of ether oxygens (including phenoxy) is 1. The van der Waals surface area contributed by atoms with E-state index in [1.54, 1.807) is 24.3 Å². The lowest BCUT2D eigenvalue weighted by Gasteiger charge is -2.17. The van der Waals surface area contributed by atoms with E-state index in [1.807, 2.05) is 30.3 Å². The Morgan fingerprint density at radius 2 is 1.63 bits per heavy atom. The molecule has 3 aromatic rings. The van der Waals surface area contributed by atoms with Crippen molar-refractivity contribution in [1.82, 2.24) is 15.3 Å². The molecule has 1 amide bonds. The van der Waals surface area contributed by atoms with E-state index in [4.69, 9.17) is 4.74 Å². The number of carbonyl (C=O) groups is 2. The third-order valence-corrected chi connectivity index (χ3v) is 4.39. The zero-order chi connectivity index (χ0) is 19.2. The molecule has 0 aliphatic carbocycles. The van der Waals surface area contributed by atoms with Crippen LogP contribution in [0.3, 0.4) is 0 Å². The largest absolute Gasteiger partial charge is 0.467 e. The van der Waals surface area contributed by atoms with Crippen molar-refractivity contribution in [1.29, 1.82) is 0 Å². The number of nitrogens with zero attached hydrogens (tertiary/aromatic N) is 2. The SMILES string of the molecule is COC(=O)C(NC(=O)c1cnc(-c2ccccc2)nc1)c1ccc(Br)cc1. The molecule has 27 heavy (non-hydrogen) atoms. The van der Waals surface area contributed by atoms with Crippen LogP contribution in [0.5, 0.6) is 0 Å². The van der Waals surface area contributed by atoms with Gasteiger partial charge in [0.15, 0.2) is 11.9 Å². The summed E-state index contributed by atoms with van der Waals surface area (Å²) in [4.78, 5) is 33.1. The molecule has 0 saturated heterocycles. The molecule has 1 unspecified atom stereocenters. The molecule has 0 fully saturated rings. The van der Waals surface area contributed by atoms with Crippen LogP contribution in [0.2, 0.25) is 0 Å². The van der Waals surface area contributed by atoms with Gasteiger partial charge in [0, 0.05) is 22.4 Å². The van der Waals surface area contributed by atoms with Crippen molar-refractivity contribution in [2.45, 2.75) is 6.04 Å². The predicted octanol–water partition coefficient (Wildman–Crippen LogP) is 3.55. The highest BCUT2D eigenvalue weighted by Crippen LogP contribution is 2.19. The van der Waals surface area contributed by atoms with E-state index in [2.05, 4.69) is 31.2 Å². The van der Waals surface area contributed by atoms with Crippen molar-refractivity contribution in [3.8, 4) is 11.4 Å². The molecule has 7 heteroatoms. The first kappa shape index (κ1) is 18.7. The van der Waals surface area contributed by atoms with Gasteiger partial charge in [-0.2, -0.15) is 0 Å². The fraction of sp³-hybridized carbons (Fsp3) is 0.100. The van der Waals surface area contributed by atoms with Crippen LogP contribution in [0.1, 0.15) is 22.0 Å². The van der Waals surface area contributed by atoms with Crippen LogP contribution in [0.4, 0.5) is 0 Å². The second kappa shape index (κ2) is 8.55. The predicted molar refractivity (Wildman–Crippen MR) is 104 cm³/mol. The number of amides is 1. The Morgan fingerprint density at radius 1 is 1.00 bits per heavy atom. The average molecular weight is 426 g/mol. The fourth-order valence-corrected chi connectivity index (χ4v) is 2.71. The average Bonchev–Trinajstić information content (AvgIpc) is 2.73. The van der Waals surface area contributed by atoms with Gasteiger partial charge in [0.2, 0.25) is 0 Å². The van der Waals surface area contributed by atoms with Crippen molar-refractivity contribution < 1.29 is 14.3 Å². The molecule has 1 atom stereocenters. The lowest BCUT2D eigenvalue weighted by molar-refractivity contribution is -0.143. The molecule has 0 saturated carbocycles. The Bertz CT molecular complexity index is 929. The Hall–Kier alpha value is -3.06. The highest BCUT2D eigenvalue weighted by atomic mass is 79.9. The highest BCUT2D eigenvalue weighted by Gasteiger charge is 2.24. The lowest BCUT2D eigenvalue weighted by atomic mass is 10.1. The second-order valence-corrected chi connectivity index (χ2v) is 6.56. The van der Waals surface area contributed by atoms with Gasteiger partial charge in [0.25, 0.3) is 5.91 Å². The van der Waals surface area contributed by atoms with Gasteiger partial charge in [-0.05, 0) is 17.7 Å². The number of nitrogens with one attached hydrogen (secondary N) is 1. The normalized spacial score (nSPS) is 11.5. The van der Waals surface area contributed by atoms with Crippen molar-refractivity contribution in [2.75, 3.05) is 7.11 Å². The molecule has 0 spiro atoms. The Kier molecular flexibility index (Phi) is 5.93. The number of esters is 1. The van der Waals surface area contributed by atoms with E-state index in [0.717, 1.165) is 10.0 Å². The number of halogens is 1. The standard InChI is InChI=1S/C20H16BrN3O3/c1-27-20(26)17(13-7-9-16(21)10-8-13)24-19(25)15-11-22-18(23-12-15)14-5-3-2-4-6-14/h2-12,17H,1H3,(H,24,25). The van der Waals surface area contributed by atoms with Gasteiger partial charge in [-0.15, -0.1) is 0 Å². The summed E-state index contributed by atoms with van der Waals surface area (Å²) in [6.45, 7) is 0. The number of aromatic nitrogens is 2. The summed E-state index contributed by atoms with van der Waals surface area (Å²) >= 11 is 3.34. The lowest BCUT2D eigenvalue weighted by Crippen LogP contribution is -2.34. The number of benzene rings is 2. The minimum Gasteiger partial charge on any atom is -0.467 e. The number of rotatable bonds is 5. The van der Waals surface area contributed by atoms with Gasteiger partial charge >= 0.3 is 5.97 Å². The molecule has 6 nitrogen and oxygen atoms in total. The van der Waals surface area contributed by atoms with Gasteiger partial charge in [0.1, 0.15) is 0 Å². The van der Waals surface area contributed by atoms with Gasteiger partial charge in [-0.1, -0.05) is 58.4 Å². The molecule has 0 aliphatic heterocycles. The van der Waals surface area contributed by atoms with Crippen LogP contribution in [-0.4, -0.2) is 29.0 Å². The van der Waals surface area contributed by atoms with Crippen molar-refractivity contribution in [2.24, 2.45) is 0 Å². The Balaban J connectivity index is 1.79. The maximum Gasteiger partial charge on any atom is 0.333 e. The maximum atomic E-state index is 12.6. The molecule has 136 valence electrons. The zero-order valence-corrected chi connectivity index (χ0v) is 16.0. The maximum absolute atomic E-state index is 12.6. The summed E-state index contributed by atoms with van der Waals surface area (Å²) < 4.78 is 5.68. The number of carbonyl (C=O) groups excluding carboxylic acids is 2. The first-order valence-corrected chi connectivity index (χ1v) is 8.89. The summed E-state index contributed by atoms with van der Waals surface area (Å²) in [6.07, 6.45) is 2.86. The van der Waals surface area contributed by atoms with E-state index >= 15 is 0 Å². The molecule has 3 rings (SSSR count). The topological polar surface area (TPSA) is 81.2 Å². The molecule has 0 radical (unpaired) electrons. The van der Waals surface area contributed by atoms with Crippen LogP contribution in [-0.2, 0) is 9.53 Å². The molecule has 1 heterocycles. The molecular formula is C20H16BrN3O3. The van der Waals surface area contributed by atoms with Crippen molar-refractivity contribution in [3.63, 3.8) is 0 Å². The molecule has 2 aromatic carbocycles. The first-order valence-electron chi connectivity index (χ1n) is 8.10. The van der Waals surface area contributed by atoms with Crippen molar-refractivity contribution >= 4 is 27.8 Å². The summed E-state index contributed by atoms with van der Waals surface area (Å²) in [6, 6.07) is 15.6. The Morgan fingerprint density at radius 3 is 2.22 bits per heavy atom. The number of methoxy groups -OCH3 is 1. The van der Waals surface area contributed by atoms with Gasteiger partial charge < -0.3 is 10.1 Å². The molecule has 1 N–H and O–H groups in total. The summed E-state index contributed by atoms with van der Waals surface area (Å²) in [7, 11) is 1.28. The van der Waals surface area contributed by atoms with E-state index in [0.29, 0.717) is 11.4 Å². The van der Waals surface area contributed by atoms with Crippen LogP contribution in [0.15, 0.2) is 71.5 Å². The highest BCUT2D eigenvalue weighted by molar-refractivity contribution is 9.10. The first-order chi connectivity index (χ1) is 13.1. The molecule has 0 aliphatic rings. The summed E-state index contributed by atoms with van der Waals surface area (Å²) in [5.74, 6) is -0.509. The van der Waals surface area contributed by atoms with Crippen molar-refractivity contribution in [3.05, 3.63) is 82.6 Å². The zero-order valence-electron chi connectivity index (χ0n) is 14.4. The minimum atomic E-state index is -0.926. The van der Waals surface area contributed by atoms with E-state index < -0.39 is 17.9 Å². The van der Waals surface area contributed by atoms with Crippen LogP contribution < -0.4 is 5.32 Å². The Labute approximate surface area is 164 Å². The van der Waals surface area contributed by atoms with Crippen LogP contribution >= 0.6 is 15.9 Å². The number of hydrogen-bond donors (Lipinski definition) is 1. The summed E-state index contributed by atoms with van der Waals surface area (Å²) in [5, 5.41) is 2.67. The number of hydrogen-bond acceptors (Lipinski definition) is 5. The molecular weight excluding hydrogens is 410 g/mol. The van der Waals surface area contributed by atoms with Gasteiger partial charge in [-0.3, -0.25) is 4.79 Å². The van der Waals surface area contributed by atoms with E-state index in [9.17, 15) is 9.59 Å². The third kappa shape index (κ3) is 4.57. The van der Waals surface area contributed by atoms with E-state index in [1.165, 1.54) is 19.5 Å².